The molecular weight excluding hydrogens is 406 g/mol. The van der Waals surface area contributed by atoms with Gasteiger partial charge in [0.2, 0.25) is 5.78 Å². The van der Waals surface area contributed by atoms with Crippen molar-refractivity contribution in [1.29, 1.82) is 0 Å². The number of ketones is 1. The lowest BCUT2D eigenvalue weighted by Gasteiger charge is -2.08. The van der Waals surface area contributed by atoms with E-state index in [4.69, 9.17) is 4.99 Å². The van der Waals surface area contributed by atoms with Crippen molar-refractivity contribution >= 4 is 40.1 Å². The number of amides is 1. The van der Waals surface area contributed by atoms with Crippen LogP contribution in [0.4, 0.5) is 11.4 Å². The molecule has 1 aliphatic rings. The first kappa shape index (κ1) is 19.2. The summed E-state index contributed by atoms with van der Waals surface area (Å²) in [5, 5.41) is 2.88. The molecule has 1 amide bonds. The van der Waals surface area contributed by atoms with Crippen molar-refractivity contribution in [2.75, 3.05) is 5.32 Å². The zero-order valence-corrected chi connectivity index (χ0v) is 17.6. The van der Waals surface area contributed by atoms with Crippen molar-refractivity contribution in [3.8, 4) is 0 Å². The molecule has 5 nitrogen and oxygen atoms in total. The minimum Gasteiger partial charge on any atom is -0.342 e. The summed E-state index contributed by atoms with van der Waals surface area (Å²) < 4.78 is 2.04. The number of benzene rings is 2. The Hall–Kier alpha value is -3.77. The minimum atomic E-state index is -0.153. The summed E-state index contributed by atoms with van der Waals surface area (Å²) in [7, 11) is 0. The molecule has 0 radical (unpaired) electrons. The number of hydrogen-bond acceptors (Lipinski definition) is 4. The van der Waals surface area contributed by atoms with Crippen LogP contribution in [0.25, 0.3) is 0 Å². The molecule has 0 atom stereocenters. The van der Waals surface area contributed by atoms with Gasteiger partial charge in [-0.1, -0.05) is 18.2 Å². The molecule has 0 fully saturated rings. The highest BCUT2D eigenvalue weighted by Gasteiger charge is 2.23. The number of aryl methyl sites for hydroxylation is 1. The molecule has 2 aromatic heterocycles. The SMILES string of the molecule is Cc1ccc(C(=O)Nc2ccc(C(=O)C3=Nc4ccccc4Cn4cccc43)cc2)s1. The molecule has 0 unspecified atom stereocenters. The monoisotopic (exact) mass is 425 g/mol. The van der Waals surface area contributed by atoms with Gasteiger partial charge in [0.25, 0.3) is 5.91 Å². The summed E-state index contributed by atoms with van der Waals surface area (Å²) in [6.07, 6.45) is 1.96. The summed E-state index contributed by atoms with van der Waals surface area (Å²) in [4.78, 5) is 32.2. The third-order valence-electron chi connectivity index (χ3n) is 5.22. The van der Waals surface area contributed by atoms with E-state index >= 15 is 0 Å². The van der Waals surface area contributed by atoms with E-state index in [1.807, 2.05) is 66.2 Å². The van der Waals surface area contributed by atoms with Crippen LogP contribution in [0.5, 0.6) is 0 Å². The van der Waals surface area contributed by atoms with Gasteiger partial charge in [-0.15, -0.1) is 11.3 Å². The zero-order valence-electron chi connectivity index (χ0n) is 16.8. The van der Waals surface area contributed by atoms with Crippen molar-refractivity contribution in [2.45, 2.75) is 13.5 Å². The van der Waals surface area contributed by atoms with Crippen LogP contribution >= 0.6 is 11.3 Å². The number of carbonyl (C=O) groups is 2. The minimum absolute atomic E-state index is 0.150. The Bertz CT molecular complexity index is 1330. The van der Waals surface area contributed by atoms with Gasteiger partial charge in [-0.05, 0) is 67.1 Å². The first-order valence-corrected chi connectivity index (χ1v) is 10.7. The van der Waals surface area contributed by atoms with Crippen LogP contribution in [-0.2, 0) is 6.54 Å². The van der Waals surface area contributed by atoms with Crippen LogP contribution in [0.1, 0.15) is 36.2 Å². The smallest absolute Gasteiger partial charge is 0.265 e. The number of fused-ring (bicyclic) bond motifs is 2. The normalized spacial score (nSPS) is 12.4. The Kier molecular flexibility index (Phi) is 4.84. The summed E-state index contributed by atoms with van der Waals surface area (Å²) in [5.41, 5.74) is 4.27. The average molecular weight is 426 g/mol. The number of Topliss-reactive ketones (excluding diaryl/α,β-unsaturated/α-hetero) is 1. The molecule has 3 heterocycles. The van der Waals surface area contributed by atoms with Crippen molar-refractivity contribution in [3.05, 3.63) is 106 Å². The van der Waals surface area contributed by atoms with Gasteiger partial charge < -0.3 is 9.88 Å². The number of rotatable bonds is 4. The number of aromatic nitrogens is 1. The summed E-state index contributed by atoms with van der Waals surface area (Å²) in [6.45, 7) is 2.64. The molecule has 0 spiro atoms. The lowest BCUT2D eigenvalue weighted by Crippen LogP contribution is -2.18. The maximum atomic E-state index is 13.4. The predicted octanol–water partition coefficient (Wildman–Crippen LogP) is 5.48. The van der Waals surface area contributed by atoms with Gasteiger partial charge in [-0.2, -0.15) is 0 Å². The van der Waals surface area contributed by atoms with E-state index in [1.165, 1.54) is 11.3 Å². The number of nitrogens with one attached hydrogen (secondary N) is 1. The van der Waals surface area contributed by atoms with Gasteiger partial charge in [-0.25, -0.2) is 4.99 Å². The molecule has 0 aliphatic carbocycles. The Labute approximate surface area is 183 Å². The van der Waals surface area contributed by atoms with Gasteiger partial charge in [0, 0.05) is 28.9 Å². The first-order chi connectivity index (χ1) is 15.1. The van der Waals surface area contributed by atoms with E-state index in [2.05, 4.69) is 5.32 Å². The average Bonchev–Trinajstić information content (AvgIpc) is 3.39. The quantitative estimate of drug-likeness (QED) is 0.440. The third kappa shape index (κ3) is 3.73. The van der Waals surface area contributed by atoms with Gasteiger partial charge in [0.15, 0.2) is 0 Å². The fraction of sp³-hybridized carbons (Fsp3) is 0.0800. The lowest BCUT2D eigenvalue weighted by atomic mass is 10.0. The van der Waals surface area contributed by atoms with E-state index in [1.54, 1.807) is 24.3 Å². The highest BCUT2D eigenvalue weighted by molar-refractivity contribution is 7.14. The number of para-hydroxylation sites is 1. The van der Waals surface area contributed by atoms with Gasteiger partial charge in [0.05, 0.1) is 16.3 Å². The topological polar surface area (TPSA) is 63.5 Å². The maximum absolute atomic E-state index is 13.4. The highest BCUT2D eigenvalue weighted by atomic mass is 32.1. The van der Waals surface area contributed by atoms with E-state index < -0.39 is 0 Å². The second-order valence-electron chi connectivity index (χ2n) is 7.38. The second kappa shape index (κ2) is 7.81. The zero-order chi connectivity index (χ0) is 21.4. The first-order valence-electron chi connectivity index (χ1n) is 9.93. The Balaban J connectivity index is 1.42. The van der Waals surface area contributed by atoms with Crippen molar-refractivity contribution in [1.82, 2.24) is 4.57 Å². The number of nitrogens with zero attached hydrogens (tertiary/aromatic N) is 2. The second-order valence-corrected chi connectivity index (χ2v) is 8.67. The van der Waals surface area contributed by atoms with Gasteiger partial charge in [-0.3, -0.25) is 9.59 Å². The number of thiophene rings is 1. The largest absolute Gasteiger partial charge is 0.342 e. The summed E-state index contributed by atoms with van der Waals surface area (Å²) >= 11 is 1.45. The lowest BCUT2D eigenvalue weighted by molar-refractivity contribution is 0.102. The van der Waals surface area contributed by atoms with Crippen molar-refractivity contribution < 1.29 is 9.59 Å². The number of hydrogen-bond donors (Lipinski definition) is 1. The molecule has 0 saturated heterocycles. The fourth-order valence-corrected chi connectivity index (χ4v) is 4.40. The molecule has 1 aliphatic heterocycles. The standard InChI is InChI=1S/C25H19N3O2S/c1-16-8-13-22(31-16)25(30)26-19-11-9-17(10-12-19)24(29)23-21-7-4-14-28(21)15-18-5-2-3-6-20(18)27-23/h2-14H,15H2,1H3,(H,26,30). The molecule has 1 N–H and O–H groups in total. The summed E-state index contributed by atoms with van der Waals surface area (Å²) in [5.74, 6) is -0.303. The van der Waals surface area contributed by atoms with Crippen molar-refractivity contribution in [3.63, 3.8) is 0 Å². The van der Waals surface area contributed by atoms with E-state index in [0.29, 0.717) is 28.4 Å². The number of aliphatic imine (C=N–C) groups is 1. The molecule has 0 bridgehead atoms. The van der Waals surface area contributed by atoms with Crippen LogP contribution in [0.2, 0.25) is 0 Å². The molecular formula is C25H19N3O2S. The summed E-state index contributed by atoms with van der Waals surface area (Å²) in [6, 6.07) is 22.4. The molecule has 31 heavy (non-hydrogen) atoms. The van der Waals surface area contributed by atoms with Crippen LogP contribution in [-0.4, -0.2) is 22.0 Å². The molecule has 2 aromatic carbocycles. The molecule has 0 saturated carbocycles. The molecule has 5 rings (SSSR count). The fourth-order valence-electron chi connectivity index (χ4n) is 3.64. The van der Waals surface area contributed by atoms with Gasteiger partial charge >= 0.3 is 0 Å². The van der Waals surface area contributed by atoms with E-state index in [0.717, 1.165) is 21.8 Å². The Morgan fingerprint density at radius 2 is 1.77 bits per heavy atom. The third-order valence-corrected chi connectivity index (χ3v) is 6.22. The maximum Gasteiger partial charge on any atom is 0.265 e. The molecule has 152 valence electrons. The molecule has 4 aromatic rings. The van der Waals surface area contributed by atoms with Crippen LogP contribution in [0.3, 0.4) is 0 Å². The van der Waals surface area contributed by atoms with Crippen LogP contribution in [0.15, 0.2) is 84.0 Å². The van der Waals surface area contributed by atoms with Crippen molar-refractivity contribution in [2.24, 2.45) is 4.99 Å². The predicted molar refractivity (Wildman–Crippen MR) is 124 cm³/mol. The highest BCUT2D eigenvalue weighted by Crippen LogP contribution is 2.27. The van der Waals surface area contributed by atoms with E-state index in [-0.39, 0.29) is 11.7 Å². The van der Waals surface area contributed by atoms with Crippen LogP contribution < -0.4 is 5.32 Å². The molecule has 6 heteroatoms. The Morgan fingerprint density at radius 3 is 2.55 bits per heavy atom. The Morgan fingerprint density at radius 1 is 0.968 bits per heavy atom. The number of anilines is 1. The van der Waals surface area contributed by atoms with E-state index in [9.17, 15) is 9.59 Å². The van der Waals surface area contributed by atoms with Crippen LogP contribution in [0, 0.1) is 6.92 Å². The number of carbonyl (C=O) groups excluding carboxylic acids is 2. The van der Waals surface area contributed by atoms with Gasteiger partial charge in [0.1, 0.15) is 5.71 Å².